The van der Waals surface area contributed by atoms with Gasteiger partial charge in [0, 0.05) is 17.5 Å². The van der Waals surface area contributed by atoms with Gasteiger partial charge in [0.05, 0.1) is 12.6 Å². The summed E-state index contributed by atoms with van der Waals surface area (Å²) in [7, 11) is 0. The maximum atomic E-state index is 12.6. The number of fused-ring (bicyclic) bond motifs is 1. The number of carbonyl (C=O) groups is 1. The third-order valence-electron chi connectivity index (χ3n) is 5.07. The van der Waals surface area contributed by atoms with Crippen LogP contribution in [0.2, 0.25) is 0 Å². The zero-order valence-corrected chi connectivity index (χ0v) is 14.6. The highest BCUT2D eigenvalue weighted by Crippen LogP contribution is 2.28. The number of hydrogen-bond acceptors (Lipinski definition) is 5. The number of amides is 1. The number of hydrogen-bond donors (Lipinski definition) is 1. The molecule has 1 aliphatic heterocycles. The SMILES string of the molecule is Cc1ncc2c(n1)CCCC2NC(=O)c1ccc(CN2CCCC2)o1. The molecule has 6 heteroatoms. The van der Waals surface area contributed by atoms with E-state index in [4.69, 9.17) is 4.42 Å². The van der Waals surface area contributed by atoms with Gasteiger partial charge in [-0.1, -0.05) is 0 Å². The summed E-state index contributed by atoms with van der Waals surface area (Å²) in [5, 5.41) is 3.09. The summed E-state index contributed by atoms with van der Waals surface area (Å²) in [6, 6.07) is 3.65. The van der Waals surface area contributed by atoms with E-state index < -0.39 is 0 Å². The minimum absolute atomic E-state index is 0.0380. The van der Waals surface area contributed by atoms with E-state index in [2.05, 4.69) is 20.2 Å². The Morgan fingerprint density at radius 2 is 2.16 bits per heavy atom. The average Bonchev–Trinajstić information content (AvgIpc) is 3.27. The van der Waals surface area contributed by atoms with Crippen molar-refractivity contribution >= 4 is 5.91 Å². The summed E-state index contributed by atoms with van der Waals surface area (Å²) in [6.07, 6.45) is 7.22. The molecule has 0 aromatic carbocycles. The molecule has 0 radical (unpaired) electrons. The third-order valence-corrected chi connectivity index (χ3v) is 5.07. The first-order chi connectivity index (χ1) is 12.2. The van der Waals surface area contributed by atoms with E-state index >= 15 is 0 Å². The van der Waals surface area contributed by atoms with Gasteiger partial charge < -0.3 is 9.73 Å². The standard InChI is InChI=1S/C19H24N4O2/c1-13-20-11-15-16(21-13)5-4-6-17(15)22-19(24)18-8-7-14(25-18)12-23-9-2-3-10-23/h7-8,11,17H,2-6,9-10,12H2,1H3,(H,22,24). The van der Waals surface area contributed by atoms with E-state index in [1.54, 1.807) is 6.07 Å². The number of aryl methyl sites for hydroxylation is 2. The molecule has 2 aromatic heterocycles. The van der Waals surface area contributed by atoms with E-state index in [1.165, 1.54) is 12.8 Å². The van der Waals surface area contributed by atoms with Crippen molar-refractivity contribution in [2.75, 3.05) is 13.1 Å². The lowest BCUT2D eigenvalue weighted by atomic mass is 9.92. The highest BCUT2D eigenvalue weighted by atomic mass is 16.4. The van der Waals surface area contributed by atoms with Gasteiger partial charge in [-0.15, -0.1) is 0 Å². The summed E-state index contributed by atoms with van der Waals surface area (Å²) in [5.41, 5.74) is 2.09. The molecule has 6 nitrogen and oxygen atoms in total. The number of aromatic nitrogens is 2. The van der Waals surface area contributed by atoms with Crippen LogP contribution in [0.1, 0.15) is 65.1 Å². The van der Waals surface area contributed by atoms with Crippen LogP contribution in [0.4, 0.5) is 0 Å². The van der Waals surface area contributed by atoms with Crippen molar-refractivity contribution in [1.82, 2.24) is 20.2 Å². The Labute approximate surface area is 147 Å². The number of nitrogens with zero attached hydrogens (tertiary/aromatic N) is 3. The Hall–Kier alpha value is -2.21. The quantitative estimate of drug-likeness (QED) is 0.927. The van der Waals surface area contributed by atoms with Crippen molar-refractivity contribution in [1.29, 1.82) is 0 Å². The van der Waals surface area contributed by atoms with E-state index in [1.807, 2.05) is 19.2 Å². The predicted octanol–water partition coefficient (Wildman–Crippen LogP) is 2.78. The van der Waals surface area contributed by atoms with Gasteiger partial charge in [-0.05, 0) is 64.3 Å². The van der Waals surface area contributed by atoms with E-state index in [0.717, 1.165) is 61.7 Å². The lowest BCUT2D eigenvalue weighted by Gasteiger charge is -2.25. The maximum absolute atomic E-state index is 12.6. The molecule has 1 N–H and O–H groups in total. The molecule has 1 saturated heterocycles. The molecule has 0 spiro atoms. The second-order valence-corrected chi connectivity index (χ2v) is 6.99. The molecular weight excluding hydrogens is 316 g/mol. The first-order valence-corrected chi connectivity index (χ1v) is 9.13. The molecule has 2 aromatic rings. The smallest absolute Gasteiger partial charge is 0.287 e. The highest BCUT2D eigenvalue weighted by molar-refractivity contribution is 5.91. The van der Waals surface area contributed by atoms with Crippen LogP contribution in [0, 0.1) is 6.92 Å². The van der Waals surface area contributed by atoms with Crippen molar-refractivity contribution < 1.29 is 9.21 Å². The summed E-state index contributed by atoms with van der Waals surface area (Å²) in [6.45, 7) is 4.90. The molecule has 3 heterocycles. The van der Waals surface area contributed by atoms with Crippen LogP contribution in [-0.2, 0) is 13.0 Å². The molecule has 4 rings (SSSR count). The Bertz CT molecular complexity index is 765. The zero-order valence-electron chi connectivity index (χ0n) is 14.6. The highest BCUT2D eigenvalue weighted by Gasteiger charge is 2.25. The molecule has 0 bridgehead atoms. The summed E-state index contributed by atoms with van der Waals surface area (Å²) in [5.74, 6) is 1.86. The molecule has 2 aliphatic rings. The minimum atomic E-state index is -0.161. The molecule has 1 unspecified atom stereocenters. The monoisotopic (exact) mass is 340 g/mol. The largest absolute Gasteiger partial charge is 0.455 e. The summed E-state index contributed by atoms with van der Waals surface area (Å²) in [4.78, 5) is 23.7. The fourth-order valence-corrected chi connectivity index (χ4v) is 3.77. The fraction of sp³-hybridized carbons (Fsp3) is 0.526. The lowest BCUT2D eigenvalue weighted by Crippen LogP contribution is -2.31. The van der Waals surface area contributed by atoms with Crippen molar-refractivity contribution in [3.63, 3.8) is 0 Å². The summed E-state index contributed by atoms with van der Waals surface area (Å²) >= 11 is 0. The van der Waals surface area contributed by atoms with Crippen molar-refractivity contribution in [2.24, 2.45) is 0 Å². The van der Waals surface area contributed by atoms with Crippen LogP contribution < -0.4 is 5.32 Å². The second-order valence-electron chi connectivity index (χ2n) is 6.99. The second kappa shape index (κ2) is 6.96. The van der Waals surface area contributed by atoms with Crippen LogP contribution in [0.25, 0.3) is 0 Å². The molecule has 1 aliphatic carbocycles. The van der Waals surface area contributed by atoms with Gasteiger partial charge in [0.2, 0.25) is 0 Å². The van der Waals surface area contributed by atoms with Gasteiger partial charge in [0.15, 0.2) is 5.76 Å². The van der Waals surface area contributed by atoms with Crippen LogP contribution in [0.5, 0.6) is 0 Å². The molecule has 1 fully saturated rings. The Morgan fingerprint density at radius 3 is 3.00 bits per heavy atom. The minimum Gasteiger partial charge on any atom is -0.455 e. The number of likely N-dealkylation sites (tertiary alicyclic amines) is 1. The van der Waals surface area contributed by atoms with Crippen molar-refractivity contribution in [2.45, 2.75) is 51.6 Å². The number of carbonyl (C=O) groups excluding carboxylic acids is 1. The number of nitrogens with one attached hydrogen (secondary N) is 1. The molecule has 132 valence electrons. The van der Waals surface area contributed by atoms with E-state index in [0.29, 0.717) is 5.76 Å². The molecule has 1 atom stereocenters. The maximum Gasteiger partial charge on any atom is 0.287 e. The van der Waals surface area contributed by atoms with Gasteiger partial charge in [0.1, 0.15) is 11.6 Å². The zero-order chi connectivity index (χ0) is 17.2. The lowest BCUT2D eigenvalue weighted by molar-refractivity contribution is 0.0901. The Balaban J connectivity index is 1.43. The predicted molar refractivity (Wildman–Crippen MR) is 93.1 cm³/mol. The van der Waals surface area contributed by atoms with Gasteiger partial charge in [-0.25, -0.2) is 9.97 Å². The number of rotatable bonds is 4. The molecule has 0 saturated carbocycles. The normalized spacial score (nSPS) is 20.4. The van der Waals surface area contributed by atoms with Gasteiger partial charge in [0.25, 0.3) is 5.91 Å². The molecule has 25 heavy (non-hydrogen) atoms. The van der Waals surface area contributed by atoms with Crippen LogP contribution in [0.3, 0.4) is 0 Å². The first-order valence-electron chi connectivity index (χ1n) is 9.13. The van der Waals surface area contributed by atoms with Crippen molar-refractivity contribution in [3.05, 3.63) is 46.9 Å². The van der Waals surface area contributed by atoms with E-state index in [9.17, 15) is 4.79 Å². The summed E-state index contributed by atoms with van der Waals surface area (Å²) < 4.78 is 5.77. The van der Waals surface area contributed by atoms with Crippen LogP contribution >= 0.6 is 0 Å². The van der Waals surface area contributed by atoms with Crippen LogP contribution in [-0.4, -0.2) is 33.9 Å². The Kier molecular flexibility index (Phi) is 4.53. The molecule has 1 amide bonds. The van der Waals surface area contributed by atoms with Gasteiger partial charge >= 0.3 is 0 Å². The fourth-order valence-electron chi connectivity index (χ4n) is 3.77. The van der Waals surface area contributed by atoms with E-state index in [-0.39, 0.29) is 11.9 Å². The van der Waals surface area contributed by atoms with Crippen LogP contribution in [0.15, 0.2) is 22.7 Å². The van der Waals surface area contributed by atoms with Gasteiger partial charge in [-0.3, -0.25) is 9.69 Å². The topological polar surface area (TPSA) is 71.3 Å². The number of furan rings is 1. The first kappa shape index (κ1) is 16.3. The molecular formula is C19H24N4O2. The third kappa shape index (κ3) is 3.58. The van der Waals surface area contributed by atoms with Crippen molar-refractivity contribution in [3.8, 4) is 0 Å². The van der Waals surface area contributed by atoms with Gasteiger partial charge in [-0.2, -0.15) is 0 Å². The average molecular weight is 340 g/mol. The Morgan fingerprint density at radius 1 is 1.32 bits per heavy atom.